The van der Waals surface area contributed by atoms with Gasteiger partial charge >= 0.3 is 0 Å². The Hall–Kier alpha value is -0.730. The molecule has 18 heavy (non-hydrogen) atoms. The summed E-state index contributed by atoms with van der Waals surface area (Å²) >= 11 is 6.36. The number of nitrogens with zero attached hydrogens (tertiary/aromatic N) is 1. The number of benzene rings is 1. The second kappa shape index (κ2) is 5.94. The van der Waals surface area contributed by atoms with Crippen molar-refractivity contribution in [3.8, 4) is 0 Å². The third-order valence-electron chi connectivity index (χ3n) is 3.55. The second-order valence-corrected chi connectivity index (χ2v) is 6.02. The van der Waals surface area contributed by atoms with Crippen LogP contribution in [-0.2, 0) is 6.54 Å². The van der Waals surface area contributed by atoms with E-state index in [1.165, 1.54) is 17.7 Å². The Morgan fingerprint density at radius 3 is 2.83 bits per heavy atom. The number of rotatable bonds is 4. The molecule has 0 bridgehead atoms. The summed E-state index contributed by atoms with van der Waals surface area (Å²) in [5, 5.41) is 4.34. The molecule has 3 heteroatoms. The minimum absolute atomic E-state index is 0.478. The fourth-order valence-electron chi connectivity index (χ4n) is 2.48. The van der Waals surface area contributed by atoms with Gasteiger partial charge in [-0.15, -0.1) is 0 Å². The first-order chi connectivity index (χ1) is 8.58. The quantitative estimate of drug-likeness (QED) is 0.894. The molecule has 1 atom stereocenters. The van der Waals surface area contributed by atoms with E-state index in [-0.39, 0.29) is 0 Å². The van der Waals surface area contributed by atoms with Crippen molar-refractivity contribution in [2.24, 2.45) is 5.92 Å². The maximum atomic E-state index is 6.36. The van der Waals surface area contributed by atoms with E-state index in [1.807, 2.05) is 6.07 Å². The van der Waals surface area contributed by atoms with Crippen molar-refractivity contribution in [1.29, 1.82) is 0 Å². The van der Waals surface area contributed by atoms with Crippen LogP contribution in [0.15, 0.2) is 18.2 Å². The van der Waals surface area contributed by atoms with Crippen molar-refractivity contribution < 1.29 is 0 Å². The molecule has 1 aromatic rings. The Morgan fingerprint density at radius 1 is 1.44 bits per heavy atom. The Bertz CT molecular complexity index is 403. The van der Waals surface area contributed by atoms with E-state index in [4.69, 9.17) is 11.6 Å². The van der Waals surface area contributed by atoms with Gasteiger partial charge in [0.2, 0.25) is 0 Å². The maximum absolute atomic E-state index is 6.36. The zero-order chi connectivity index (χ0) is 13.1. The molecular weight excluding hydrogens is 244 g/mol. The predicted octanol–water partition coefficient (Wildman–Crippen LogP) is 3.68. The van der Waals surface area contributed by atoms with Crippen LogP contribution in [0.4, 0.5) is 5.69 Å². The van der Waals surface area contributed by atoms with E-state index in [2.05, 4.69) is 43.1 Å². The van der Waals surface area contributed by atoms with Gasteiger partial charge in [0.1, 0.15) is 0 Å². The molecule has 2 nitrogen and oxygen atoms in total. The van der Waals surface area contributed by atoms with E-state index in [0.717, 1.165) is 30.6 Å². The van der Waals surface area contributed by atoms with Crippen LogP contribution in [0.25, 0.3) is 0 Å². The summed E-state index contributed by atoms with van der Waals surface area (Å²) < 4.78 is 0. The molecule has 0 spiro atoms. The fraction of sp³-hybridized carbons (Fsp3) is 0.600. The average Bonchev–Trinajstić information content (AvgIpc) is 2.73. The summed E-state index contributed by atoms with van der Waals surface area (Å²) in [5.74, 6) is 0.787. The topological polar surface area (TPSA) is 15.3 Å². The molecule has 0 amide bonds. The Morgan fingerprint density at radius 2 is 2.22 bits per heavy atom. The lowest BCUT2D eigenvalue weighted by molar-refractivity contribution is 0.588. The molecule has 2 rings (SSSR count). The van der Waals surface area contributed by atoms with E-state index in [1.54, 1.807) is 0 Å². The van der Waals surface area contributed by atoms with Gasteiger partial charge in [-0.2, -0.15) is 0 Å². The Labute approximate surface area is 115 Å². The SMILES string of the molecule is CC1CCN(c2cccc(Cl)c2CNC(C)C)C1. The highest BCUT2D eigenvalue weighted by Gasteiger charge is 2.21. The molecule has 1 aliphatic heterocycles. The van der Waals surface area contributed by atoms with Crippen molar-refractivity contribution in [2.75, 3.05) is 18.0 Å². The first-order valence-corrected chi connectivity index (χ1v) is 7.21. The lowest BCUT2D eigenvalue weighted by Crippen LogP contribution is -2.25. The predicted molar refractivity (Wildman–Crippen MR) is 79.4 cm³/mol. The molecule has 0 radical (unpaired) electrons. The molecule has 1 heterocycles. The van der Waals surface area contributed by atoms with Gasteiger partial charge in [0.15, 0.2) is 0 Å². The summed E-state index contributed by atoms with van der Waals surface area (Å²) in [4.78, 5) is 2.47. The summed E-state index contributed by atoms with van der Waals surface area (Å²) in [5.41, 5.74) is 2.54. The minimum atomic E-state index is 0.478. The second-order valence-electron chi connectivity index (χ2n) is 5.61. The highest BCUT2D eigenvalue weighted by atomic mass is 35.5. The van der Waals surface area contributed by atoms with Crippen LogP contribution >= 0.6 is 11.6 Å². The van der Waals surface area contributed by atoms with Crippen LogP contribution in [-0.4, -0.2) is 19.1 Å². The molecule has 1 N–H and O–H groups in total. The van der Waals surface area contributed by atoms with Crippen LogP contribution in [0.5, 0.6) is 0 Å². The van der Waals surface area contributed by atoms with Crippen molar-refractivity contribution in [3.05, 3.63) is 28.8 Å². The van der Waals surface area contributed by atoms with Crippen molar-refractivity contribution in [3.63, 3.8) is 0 Å². The molecular formula is C15H23ClN2. The van der Waals surface area contributed by atoms with Gasteiger partial charge < -0.3 is 10.2 Å². The molecule has 1 fully saturated rings. The van der Waals surface area contributed by atoms with Crippen LogP contribution < -0.4 is 10.2 Å². The lowest BCUT2D eigenvalue weighted by Gasteiger charge is -2.23. The Balaban J connectivity index is 2.20. The zero-order valence-corrected chi connectivity index (χ0v) is 12.3. The molecule has 1 unspecified atom stereocenters. The van der Waals surface area contributed by atoms with E-state index < -0.39 is 0 Å². The first kappa shape index (κ1) is 13.7. The van der Waals surface area contributed by atoms with Crippen molar-refractivity contribution in [2.45, 2.75) is 39.8 Å². The van der Waals surface area contributed by atoms with Gasteiger partial charge in [-0.05, 0) is 24.5 Å². The van der Waals surface area contributed by atoms with E-state index >= 15 is 0 Å². The summed E-state index contributed by atoms with van der Waals surface area (Å²) in [6.45, 7) is 9.78. The highest BCUT2D eigenvalue weighted by molar-refractivity contribution is 6.31. The number of halogens is 1. The standard InChI is InChI=1S/C15H23ClN2/c1-11(2)17-9-13-14(16)5-4-6-15(13)18-8-7-12(3)10-18/h4-6,11-12,17H,7-10H2,1-3H3. The highest BCUT2D eigenvalue weighted by Crippen LogP contribution is 2.31. The van der Waals surface area contributed by atoms with E-state index in [0.29, 0.717) is 6.04 Å². The Kier molecular flexibility index (Phi) is 4.52. The van der Waals surface area contributed by atoms with Crippen LogP contribution in [0.1, 0.15) is 32.8 Å². The van der Waals surface area contributed by atoms with Crippen LogP contribution in [0.3, 0.4) is 0 Å². The average molecular weight is 267 g/mol. The largest absolute Gasteiger partial charge is 0.371 e. The summed E-state index contributed by atoms with van der Waals surface area (Å²) in [7, 11) is 0. The maximum Gasteiger partial charge on any atom is 0.0471 e. The minimum Gasteiger partial charge on any atom is -0.371 e. The first-order valence-electron chi connectivity index (χ1n) is 6.83. The smallest absolute Gasteiger partial charge is 0.0471 e. The number of anilines is 1. The van der Waals surface area contributed by atoms with Gasteiger partial charge in [0.05, 0.1) is 0 Å². The van der Waals surface area contributed by atoms with Gasteiger partial charge in [-0.3, -0.25) is 0 Å². The molecule has 100 valence electrons. The number of hydrogen-bond donors (Lipinski definition) is 1. The molecule has 0 saturated carbocycles. The normalized spacial score (nSPS) is 19.8. The third-order valence-corrected chi connectivity index (χ3v) is 3.90. The third kappa shape index (κ3) is 3.18. The van der Waals surface area contributed by atoms with Gasteiger partial charge in [0, 0.05) is 41.9 Å². The van der Waals surface area contributed by atoms with Gasteiger partial charge in [-0.25, -0.2) is 0 Å². The molecule has 0 aliphatic carbocycles. The van der Waals surface area contributed by atoms with Crippen LogP contribution in [0.2, 0.25) is 5.02 Å². The lowest BCUT2D eigenvalue weighted by atomic mass is 10.1. The van der Waals surface area contributed by atoms with Crippen molar-refractivity contribution >= 4 is 17.3 Å². The van der Waals surface area contributed by atoms with Gasteiger partial charge in [-0.1, -0.05) is 38.4 Å². The van der Waals surface area contributed by atoms with Gasteiger partial charge in [0.25, 0.3) is 0 Å². The zero-order valence-electron chi connectivity index (χ0n) is 11.5. The molecule has 1 aromatic carbocycles. The molecule has 0 aromatic heterocycles. The monoisotopic (exact) mass is 266 g/mol. The molecule has 1 saturated heterocycles. The summed E-state index contributed by atoms with van der Waals surface area (Å²) in [6.07, 6.45) is 1.28. The van der Waals surface area contributed by atoms with E-state index in [9.17, 15) is 0 Å². The van der Waals surface area contributed by atoms with Crippen molar-refractivity contribution in [1.82, 2.24) is 5.32 Å². The number of hydrogen-bond acceptors (Lipinski definition) is 2. The number of nitrogens with one attached hydrogen (secondary N) is 1. The summed E-state index contributed by atoms with van der Waals surface area (Å²) in [6, 6.07) is 6.72. The fourth-order valence-corrected chi connectivity index (χ4v) is 2.71. The molecule has 1 aliphatic rings. The van der Waals surface area contributed by atoms with Crippen LogP contribution in [0, 0.1) is 5.92 Å².